The van der Waals surface area contributed by atoms with Crippen molar-refractivity contribution < 1.29 is 23.4 Å². The highest BCUT2D eigenvalue weighted by atomic mass is 32.1. The lowest BCUT2D eigenvalue weighted by Gasteiger charge is -2.26. The number of halogens is 1. The molecule has 0 fully saturated rings. The summed E-state index contributed by atoms with van der Waals surface area (Å²) in [5.74, 6) is 0.444. The average Bonchev–Trinajstić information content (AvgIpc) is 3.52. The van der Waals surface area contributed by atoms with Crippen molar-refractivity contribution in [2.24, 2.45) is 4.99 Å². The van der Waals surface area contributed by atoms with Crippen LogP contribution in [0, 0.1) is 19.7 Å². The Labute approximate surface area is 288 Å². The molecular formula is C39H38FN3O5S. The van der Waals surface area contributed by atoms with Crippen LogP contribution in [0.25, 0.3) is 11.8 Å². The maximum absolute atomic E-state index is 14.3. The van der Waals surface area contributed by atoms with Gasteiger partial charge in [-0.15, -0.1) is 0 Å². The zero-order valence-corrected chi connectivity index (χ0v) is 29.1. The number of aromatic nitrogens is 2. The number of rotatable bonds is 10. The van der Waals surface area contributed by atoms with Crippen LogP contribution in [0.4, 0.5) is 4.39 Å². The summed E-state index contributed by atoms with van der Waals surface area (Å²) < 4.78 is 35.2. The van der Waals surface area contributed by atoms with Crippen LogP contribution in [0.2, 0.25) is 0 Å². The molecule has 1 aliphatic heterocycles. The number of ether oxygens (including phenoxy) is 3. The minimum atomic E-state index is -0.776. The van der Waals surface area contributed by atoms with Gasteiger partial charge in [0.05, 0.1) is 28.5 Å². The zero-order valence-electron chi connectivity index (χ0n) is 28.3. The van der Waals surface area contributed by atoms with Gasteiger partial charge >= 0.3 is 5.97 Å². The van der Waals surface area contributed by atoms with Gasteiger partial charge in [-0.05, 0) is 107 Å². The molecule has 0 unspecified atom stereocenters. The highest BCUT2D eigenvalue weighted by Gasteiger charge is 2.35. The van der Waals surface area contributed by atoms with Crippen LogP contribution in [0.15, 0.2) is 99.9 Å². The number of nitrogens with zero attached hydrogens (tertiary/aromatic N) is 3. The Bertz CT molecular complexity index is 2240. The Kier molecular flexibility index (Phi) is 9.69. The third-order valence-corrected chi connectivity index (χ3v) is 9.22. The fraction of sp³-hybridized carbons (Fsp3) is 0.256. The van der Waals surface area contributed by atoms with E-state index in [2.05, 4.69) is 4.57 Å². The molecule has 10 heteroatoms. The van der Waals surface area contributed by atoms with Crippen molar-refractivity contribution in [1.29, 1.82) is 0 Å². The molecule has 252 valence electrons. The molecule has 3 heterocycles. The number of esters is 1. The largest absolute Gasteiger partial charge is 0.491 e. The first-order valence-corrected chi connectivity index (χ1v) is 17.0. The summed E-state index contributed by atoms with van der Waals surface area (Å²) in [6.45, 7) is 11.9. The Balaban J connectivity index is 1.38. The second-order valence-corrected chi connectivity index (χ2v) is 13.1. The van der Waals surface area contributed by atoms with E-state index >= 15 is 0 Å². The first-order chi connectivity index (χ1) is 23.5. The molecule has 49 heavy (non-hydrogen) atoms. The summed E-state index contributed by atoms with van der Waals surface area (Å²) in [5, 5.41) is 0. The predicted octanol–water partition coefficient (Wildman–Crippen LogP) is 6.71. The second-order valence-electron chi connectivity index (χ2n) is 12.1. The summed E-state index contributed by atoms with van der Waals surface area (Å²) in [5.41, 5.74) is 5.74. The highest BCUT2D eigenvalue weighted by Crippen LogP contribution is 2.36. The van der Waals surface area contributed by atoms with Gasteiger partial charge in [-0.1, -0.05) is 41.7 Å². The van der Waals surface area contributed by atoms with Crippen LogP contribution in [0.5, 0.6) is 11.5 Å². The van der Waals surface area contributed by atoms with E-state index in [-0.39, 0.29) is 30.7 Å². The molecule has 1 atom stereocenters. The van der Waals surface area contributed by atoms with Crippen molar-refractivity contribution in [1.82, 2.24) is 9.13 Å². The quantitative estimate of drug-likeness (QED) is 0.153. The van der Waals surface area contributed by atoms with Crippen LogP contribution >= 0.6 is 11.3 Å². The smallest absolute Gasteiger partial charge is 0.338 e. The Hall–Kier alpha value is -5.22. The molecular weight excluding hydrogens is 642 g/mol. The molecule has 0 saturated heterocycles. The van der Waals surface area contributed by atoms with Crippen molar-refractivity contribution in [2.45, 2.75) is 60.3 Å². The normalized spacial score (nSPS) is 14.5. The van der Waals surface area contributed by atoms with E-state index in [0.29, 0.717) is 37.7 Å². The maximum Gasteiger partial charge on any atom is 0.338 e. The van der Waals surface area contributed by atoms with E-state index < -0.39 is 12.0 Å². The molecule has 0 N–H and O–H groups in total. The molecule has 1 aliphatic rings. The van der Waals surface area contributed by atoms with Crippen molar-refractivity contribution in [3.8, 4) is 17.2 Å². The fourth-order valence-corrected chi connectivity index (χ4v) is 7.15. The third kappa shape index (κ3) is 6.87. The second kappa shape index (κ2) is 14.1. The van der Waals surface area contributed by atoms with Gasteiger partial charge in [-0.3, -0.25) is 9.36 Å². The number of benzene rings is 3. The van der Waals surface area contributed by atoms with E-state index in [1.165, 1.54) is 23.5 Å². The molecule has 6 rings (SSSR count). The number of carbonyl (C=O) groups excluding carboxylic acids is 1. The fourth-order valence-electron chi connectivity index (χ4n) is 6.11. The zero-order chi connectivity index (χ0) is 34.8. The van der Waals surface area contributed by atoms with Gasteiger partial charge in [0.1, 0.15) is 30.0 Å². The molecule has 0 saturated carbocycles. The van der Waals surface area contributed by atoms with Gasteiger partial charge in [0.15, 0.2) is 4.80 Å². The van der Waals surface area contributed by atoms with Crippen molar-refractivity contribution in [3.63, 3.8) is 0 Å². The Morgan fingerprint density at radius 3 is 2.49 bits per heavy atom. The van der Waals surface area contributed by atoms with Crippen LogP contribution in [0.3, 0.4) is 0 Å². The minimum Gasteiger partial charge on any atom is -0.491 e. The number of fused-ring (bicyclic) bond motifs is 1. The van der Waals surface area contributed by atoms with Gasteiger partial charge in [-0.2, -0.15) is 0 Å². The number of hydrogen-bond donors (Lipinski definition) is 0. The number of aryl methyl sites for hydroxylation is 1. The van der Waals surface area contributed by atoms with Crippen LogP contribution in [-0.4, -0.2) is 27.8 Å². The summed E-state index contributed by atoms with van der Waals surface area (Å²) >= 11 is 1.28. The van der Waals surface area contributed by atoms with Gasteiger partial charge in [0.2, 0.25) is 0 Å². The molecule has 2 aromatic heterocycles. The third-order valence-electron chi connectivity index (χ3n) is 8.24. The van der Waals surface area contributed by atoms with E-state index in [1.54, 1.807) is 24.5 Å². The van der Waals surface area contributed by atoms with E-state index in [1.807, 2.05) is 94.4 Å². The minimum absolute atomic E-state index is 0.118. The lowest BCUT2D eigenvalue weighted by Crippen LogP contribution is -2.40. The topological polar surface area (TPSA) is 84.0 Å². The summed E-state index contributed by atoms with van der Waals surface area (Å²) in [6.07, 6.45) is 1.77. The highest BCUT2D eigenvalue weighted by molar-refractivity contribution is 7.07. The summed E-state index contributed by atoms with van der Waals surface area (Å²) in [6, 6.07) is 22.8. The molecule has 0 radical (unpaired) electrons. The van der Waals surface area contributed by atoms with Gasteiger partial charge in [0.25, 0.3) is 5.56 Å². The maximum atomic E-state index is 14.3. The van der Waals surface area contributed by atoms with Gasteiger partial charge < -0.3 is 18.8 Å². The van der Waals surface area contributed by atoms with Crippen LogP contribution in [0.1, 0.15) is 61.8 Å². The molecule has 5 aromatic rings. The van der Waals surface area contributed by atoms with E-state index in [9.17, 15) is 14.0 Å². The first kappa shape index (κ1) is 33.7. The molecule has 0 bridgehead atoms. The van der Waals surface area contributed by atoms with Crippen molar-refractivity contribution in [3.05, 3.63) is 144 Å². The van der Waals surface area contributed by atoms with E-state index in [4.69, 9.17) is 19.2 Å². The van der Waals surface area contributed by atoms with Crippen molar-refractivity contribution >= 4 is 23.4 Å². The Morgan fingerprint density at radius 2 is 1.78 bits per heavy atom. The van der Waals surface area contributed by atoms with Crippen molar-refractivity contribution in [2.75, 3.05) is 6.61 Å². The van der Waals surface area contributed by atoms with Gasteiger partial charge in [0, 0.05) is 22.6 Å². The lowest BCUT2D eigenvalue weighted by atomic mass is 9.95. The number of hydrogen-bond acceptors (Lipinski definition) is 7. The van der Waals surface area contributed by atoms with Crippen LogP contribution < -0.4 is 24.4 Å². The Morgan fingerprint density at radius 1 is 1.02 bits per heavy atom. The standard InChI is InChI=1S/C39H38FN3O5S/c1-7-46-38(45)35-25(5)41-39-43(36(35)32-13-8-9-14-33(32)48-23(2)3)37(44)34(49-39)21-28-19-24(4)42(26(28)6)30-15-17-31(18-16-30)47-22-27-11-10-12-29(40)20-27/h8-21,23,36H,7,22H2,1-6H3/b34-21-/t36-/m1/s1. The summed E-state index contributed by atoms with van der Waals surface area (Å²) in [4.78, 5) is 32.9. The number of carbonyl (C=O) groups is 1. The monoisotopic (exact) mass is 679 g/mol. The molecule has 8 nitrogen and oxygen atoms in total. The number of para-hydroxylation sites is 1. The molecule has 0 aliphatic carbocycles. The average molecular weight is 680 g/mol. The van der Waals surface area contributed by atoms with Gasteiger partial charge in [-0.25, -0.2) is 14.2 Å². The molecule has 0 amide bonds. The number of thiazole rings is 1. The SMILES string of the molecule is CCOC(=O)C1=C(C)N=c2s/c(=C\c3cc(C)n(-c4ccc(OCc5cccc(F)c5)cc4)c3C)c(=O)n2[C@@H]1c1ccccc1OC(C)C. The first-order valence-electron chi connectivity index (χ1n) is 16.2. The van der Waals surface area contributed by atoms with E-state index in [0.717, 1.165) is 28.2 Å². The van der Waals surface area contributed by atoms with Crippen LogP contribution in [-0.2, 0) is 16.1 Å². The number of allylic oxidation sites excluding steroid dienone is 1. The molecule has 3 aromatic carbocycles. The lowest BCUT2D eigenvalue weighted by molar-refractivity contribution is -0.139. The molecule has 0 spiro atoms. The summed E-state index contributed by atoms with van der Waals surface area (Å²) in [7, 11) is 0. The predicted molar refractivity (Wildman–Crippen MR) is 189 cm³/mol.